The van der Waals surface area contributed by atoms with E-state index in [-0.39, 0.29) is 52.9 Å². The van der Waals surface area contributed by atoms with Crippen LogP contribution in [0.5, 0.6) is 0 Å². The van der Waals surface area contributed by atoms with Crippen LogP contribution in [0, 0.1) is 33.3 Å². The number of ether oxygens (including phenoxy) is 1. The number of esters is 1. The van der Waals surface area contributed by atoms with Crippen LogP contribution in [0.25, 0.3) is 0 Å². The summed E-state index contributed by atoms with van der Waals surface area (Å²) in [6.07, 6.45) is -0.878. The second kappa shape index (κ2) is 10.5. The van der Waals surface area contributed by atoms with Crippen molar-refractivity contribution in [2.75, 3.05) is 18.8 Å². The fourth-order valence-corrected chi connectivity index (χ4v) is 7.19. The van der Waals surface area contributed by atoms with Crippen LogP contribution in [0.1, 0.15) is 19.4 Å². The van der Waals surface area contributed by atoms with Crippen LogP contribution in [0.15, 0.2) is 34.9 Å². The number of thioether (sulfide) groups is 2. The molecule has 0 aromatic heterocycles. The van der Waals surface area contributed by atoms with Gasteiger partial charge in [-0.25, -0.2) is 4.79 Å². The van der Waals surface area contributed by atoms with Gasteiger partial charge in [-0.15, -0.1) is 11.8 Å². The maximum atomic E-state index is 13.3. The zero-order valence-electron chi connectivity index (χ0n) is 19.5. The molecule has 36 heavy (non-hydrogen) atoms. The molecule has 2 amide bonds. The Balaban J connectivity index is 1.56. The van der Waals surface area contributed by atoms with Gasteiger partial charge in [-0.05, 0) is 24.6 Å². The van der Waals surface area contributed by atoms with Crippen LogP contribution >= 0.6 is 23.5 Å². The topological polar surface area (TPSA) is 154 Å². The van der Waals surface area contributed by atoms with E-state index in [1.807, 2.05) is 13.0 Å². The van der Waals surface area contributed by atoms with Gasteiger partial charge in [-0.1, -0.05) is 18.7 Å². The molecule has 5 atom stereocenters. The first-order valence-electron chi connectivity index (χ1n) is 11.2. The van der Waals surface area contributed by atoms with Gasteiger partial charge in [0.05, 0.1) is 29.1 Å². The molecular weight excluding hydrogens is 508 g/mol. The van der Waals surface area contributed by atoms with Crippen LogP contribution in [0.4, 0.5) is 10.5 Å². The number of hydrogen-bond donors (Lipinski definition) is 1. The highest BCUT2D eigenvalue weighted by Crippen LogP contribution is 2.52. The molecule has 0 spiro atoms. The fraction of sp³-hybridized carbons (Fsp3) is 0.478. The number of amides is 2. The Morgan fingerprint density at radius 3 is 2.69 bits per heavy atom. The van der Waals surface area contributed by atoms with Gasteiger partial charge in [0, 0.05) is 40.5 Å². The molecule has 2 saturated heterocycles. The predicted octanol–water partition coefficient (Wildman–Crippen LogP) is 2.50. The van der Waals surface area contributed by atoms with Crippen molar-refractivity contribution in [2.45, 2.75) is 37.9 Å². The van der Waals surface area contributed by atoms with Crippen LogP contribution in [0.3, 0.4) is 0 Å². The molecule has 1 aromatic rings. The third kappa shape index (κ3) is 4.80. The second-order valence-electron chi connectivity index (χ2n) is 8.82. The standard InChI is InChI=1S/C23H24N4O7S2/c1-12-18-17(13(2)28)21(29)26(18)19(20(12)36-16-9-25(8-7-24)23(31)35-11-16)22(30)34-10-14-3-5-15(6-4-14)27(32)33/h3-6,12-13,16-18,28H,8-11H2,1-2H3/t12-,13-,16?,17-,18-/m1/s1. The van der Waals surface area contributed by atoms with Gasteiger partial charge in [0.1, 0.15) is 18.8 Å². The first-order chi connectivity index (χ1) is 17.1. The monoisotopic (exact) mass is 532 g/mol. The summed E-state index contributed by atoms with van der Waals surface area (Å²) in [5, 5.41) is 29.8. The molecule has 190 valence electrons. The number of nitro groups is 1. The van der Waals surface area contributed by atoms with Crippen LogP contribution in [-0.4, -0.2) is 73.2 Å². The molecule has 1 unspecified atom stereocenters. The summed E-state index contributed by atoms with van der Waals surface area (Å²) in [6.45, 7) is 3.62. The number of hydrogen-bond acceptors (Lipinski definition) is 10. The van der Waals surface area contributed by atoms with Crippen molar-refractivity contribution in [3.63, 3.8) is 0 Å². The van der Waals surface area contributed by atoms with E-state index in [1.165, 1.54) is 45.8 Å². The predicted molar refractivity (Wildman–Crippen MR) is 131 cm³/mol. The highest BCUT2D eigenvalue weighted by Gasteiger charge is 2.60. The number of carbonyl (C=O) groups is 3. The van der Waals surface area contributed by atoms with Crippen LogP contribution in [-0.2, 0) is 20.9 Å². The summed E-state index contributed by atoms with van der Waals surface area (Å²) in [5.41, 5.74) is 0.607. The number of fused-ring (bicyclic) bond motifs is 1. The van der Waals surface area contributed by atoms with Crippen molar-refractivity contribution < 1.29 is 29.2 Å². The largest absolute Gasteiger partial charge is 0.456 e. The average molecular weight is 533 g/mol. The summed E-state index contributed by atoms with van der Waals surface area (Å²) in [5.74, 6) is -1.42. The number of aliphatic hydroxyl groups excluding tert-OH is 1. The Morgan fingerprint density at radius 2 is 2.08 bits per heavy atom. The maximum absolute atomic E-state index is 13.3. The number of β-lactam (4-membered cyclic amide) rings is 1. The van der Waals surface area contributed by atoms with E-state index in [2.05, 4.69) is 0 Å². The molecule has 0 saturated carbocycles. The Hall–Kier alpha value is -3.08. The van der Waals surface area contributed by atoms with E-state index in [0.29, 0.717) is 22.8 Å². The molecule has 2 fully saturated rings. The molecule has 11 nitrogen and oxygen atoms in total. The van der Waals surface area contributed by atoms with E-state index in [1.54, 1.807) is 6.92 Å². The quantitative estimate of drug-likeness (QED) is 0.174. The lowest BCUT2D eigenvalue weighted by molar-refractivity contribution is -0.384. The number of nitrogens with zero attached hydrogens (tertiary/aromatic N) is 4. The summed E-state index contributed by atoms with van der Waals surface area (Å²) >= 11 is 2.51. The van der Waals surface area contributed by atoms with Crippen LogP contribution < -0.4 is 0 Å². The smallest absolute Gasteiger partial charge is 0.356 e. The second-order valence-corrected chi connectivity index (χ2v) is 11.1. The third-order valence-corrected chi connectivity index (χ3v) is 9.20. The van der Waals surface area contributed by atoms with E-state index >= 15 is 0 Å². The molecule has 1 aromatic carbocycles. The van der Waals surface area contributed by atoms with E-state index < -0.39 is 22.9 Å². The lowest BCUT2D eigenvalue weighted by atomic mass is 9.79. The van der Waals surface area contributed by atoms with E-state index in [4.69, 9.17) is 10.00 Å². The van der Waals surface area contributed by atoms with Gasteiger partial charge in [-0.2, -0.15) is 5.26 Å². The zero-order chi connectivity index (χ0) is 26.1. The zero-order valence-corrected chi connectivity index (χ0v) is 21.2. The molecule has 0 bridgehead atoms. The average Bonchev–Trinajstić information content (AvgIpc) is 3.07. The van der Waals surface area contributed by atoms with Crippen molar-refractivity contribution in [3.8, 4) is 6.07 Å². The van der Waals surface area contributed by atoms with Crippen molar-refractivity contribution in [3.05, 3.63) is 50.5 Å². The van der Waals surface area contributed by atoms with E-state index in [9.17, 15) is 29.6 Å². The van der Waals surface area contributed by atoms with Gasteiger partial charge in [0.2, 0.25) is 5.91 Å². The van der Waals surface area contributed by atoms with Crippen molar-refractivity contribution in [2.24, 2.45) is 11.8 Å². The highest BCUT2D eigenvalue weighted by atomic mass is 32.2. The molecule has 3 aliphatic heterocycles. The fourth-order valence-electron chi connectivity index (χ4n) is 4.69. The number of aliphatic hydroxyl groups is 1. The lowest BCUT2D eigenvalue weighted by Crippen LogP contribution is -2.63. The minimum atomic E-state index is -0.878. The number of nitro benzene ring substituents is 1. The summed E-state index contributed by atoms with van der Waals surface area (Å²) < 4.78 is 5.50. The molecule has 13 heteroatoms. The molecule has 3 heterocycles. The normalized spacial score (nSPS) is 26.3. The lowest BCUT2D eigenvalue weighted by Gasteiger charge is -2.46. The van der Waals surface area contributed by atoms with Gasteiger partial charge < -0.3 is 19.6 Å². The van der Waals surface area contributed by atoms with Gasteiger partial charge in [-0.3, -0.25) is 19.7 Å². The van der Waals surface area contributed by atoms with Gasteiger partial charge >= 0.3 is 5.97 Å². The van der Waals surface area contributed by atoms with Gasteiger partial charge in [0.15, 0.2) is 0 Å². The molecule has 3 aliphatic rings. The Kier molecular flexibility index (Phi) is 7.58. The number of benzene rings is 1. The highest BCUT2D eigenvalue weighted by molar-refractivity contribution is 8.14. The van der Waals surface area contributed by atoms with Crippen molar-refractivity contribution in [1.29, 1.82) is 5.26 Å². The molecule has 4 rings (SSSR count). The van der Waals surface area contributed by atoms with Crippen LogP contribution in [0.2, 0.25) is 0 Å². The Bertz CT molecular complexity index is 1160. The summed E-state index contributed by atoms with van der Waals surface area (Å²) in [6, 6.07) is 7.23. The minimum absolute atomic E-state index is 0.0288. The number of carbonyl (C=O) groups excluding carboxylic acids is 3. The SMILES string of the molecule is C[C@@H](O)[C@H]1C(=O)N2C(C(=O)OCc3ccc([N+](=O)[O-])cc3)=C(SC3CSC(=O)N(CC#N)C3)[C@H](C)[C@H]12. The Morgan fingerprint density at radius 1 is 1.39 bits per heavy atom. The number of rotatable bonds is 8. The van der Waals surface area contributed by atoms with Crippen molar-refractivity contribution >= 4 is 46.3 Å². The van der Waals surface area contributed by atoms with E-state index in [0.717, 1.165) is 11.8 Å². The number of nitriles is 1. The molecular formula is C23H24N4O7S2. The first kappa shape index (κ1) is 26.0. The van der Waals surface area contributed by atoms with Crippen molar-refractivity contribution in [1.82, 2.24) is 9.80 Å². The third-order valence-electron chi connectivity index (χ3n) is 6.45. The molecule has 0 aliphatic carbocycles. The Labute approximate surface area is 215 Å². The minimum Gasteiger partial charge on any atom is -0.456 e. The summed E-state index contributed by atoms with van der Waals surface area (Å²) in [7, 11) is 0. The molecule has 0 radical (unpaired) electrons. The summed E-state index contributed by atoms with van der Waals surface area (Å²) in [4.78, 5) is 52.1. The maximum Gasteiger partial charge on any atom is 0.356 e. The molecule has 1 N–H and O–H groups in total. The number of non-ortho nitro benzene ring substituents is 1. The first-order valence-corrected chi connectivity index (χ1v) is 13.1. The van der Waals surface area contributed by atoms with Gasteiger partial charge in [0.25, 0.3) is 10.9 Å².